The van der Waals surface area contributed by atoms with Crippen LogP contribution >= 0.6 is 11.6 Å². The molecule has 8 heteroatoms. The first-order chi connectivity index (χ1) is 14.5. The molecule has 0 unspecified atom stereocenters. The van der Waals surface area contributed by atoms with E-state index in [-0.39, 0.29) is 17.9 Å². The molecule has 30 heavy (non-hydrogen) atoms. The number of nitrogens with zero attached hydrogens (tertiary/aromatic N) is 1. The number of halogens is 2. The molecule has 0 spiro atoms. The summed E-state index contributed by atoms with van der Waals surface area (Å²) in [5.41, 5.74) is 3.02. The lowest BCUT2D eigenvalue weighted by molar-refractivity contribution is -0.123. The Bertz CT molecular complexity index is 1070. The average molecular weight is 427 g/mol. The minimum Gasteiger partial charge on any atom is -0.484 e. The molecule has 0 saturated carbocycles. The van der Waals surface area contributed by atoms with Crippen molar-refractivity contribution in [2.45, 2.75) is 0 Å². The zero-order valence-electron chi connectivity index (χ0n) is 15.5. The summed E-state index contributed by atoms with van der Waals surface area (Å²) in [5, 5.41) is 4.41. The van der Waals surface area contributed by atoms with Crippen molar-refractivity contribution in [2.24, 2.45) is 5.10 Å². The van der Waals surface area contributed by atoms with E-state index in [1.807, 2.05) is 0 Å². The molecule has 3 rings (SSSR count). The van der Waals surface area contributed by atoms with E-state index in [9.17, 15) is 14.0 Å². The molecule has 0 bridgehead atoms. The highest BCUT2D eigenvalue weighted by atomic mass is 35.5. The summed E-state index contributed by atoms with van der Waals surface area (Å²) in [6.07, 6.45) is 1.39. The first kappa shape index (κ1) is 21.0. The Labute approximate surface area is 176 Å². The maximum atomic E-state index is 13.2. The van der Waals surface area contributed by atoms with Crippen LogP contribution in [0.3, 0.4) is 0 Å². The highest BCUT2D eigenvalue weighted by molar-refractivity contribution is 6.30. The van der Waals surface area contributed by atoms with Gasteiger partial charge < -0.3 is 9.47 Å². The van der Waals surface area contributed by atoms with Crippen LogP contribution in [-0.2, 0) is 4.79 Å². The van der Waals surface area contributed by atoms with Crippen molar-refractivity contribution < 1.29 is 23.5 Å². The lowest BCUT2D eigenvalue weighted by Crippen LogP contribution is -2.24. The monoisotopic (exact) mass is 426 g/mol. The van der Waals surface area contributed by atoms with Gasteiger partial charge in [0.1, 0.15) is 17.3 Å². The number of esters is 1. The fraction of sp³-hybridized carbons (Fsp3) is 0.0455. The van der Waals surface area contributed by atoms with Crippen LogP contribution in [0.4, 0.5) is 4.39 Å². The Kier molecular flexibility index (Phi) is 7.13. The lowest BCUT2D eigenvalue weighted by atomic mass is 10.2. The molecule has 0 aliphatic rings. The molecule has 0 aliphatic heterocycles. The van der Waals surface area contributed by atoms with Gasteiger partial charge in [0.25, 0.3) is 5.91 Å². The minimum atomic E-state index is -0.684. The number of ether oxygens (including phenoxy) is 2. The topological polar surface area (TPSA) is 77.0 Å². The van der Waals surface area contributed by atoms with Crippen molar-refractivity contribution in [3.8, 4) is 11.5 Å². The summed E-state index contributed by atoms with van der Waals surface area (Å²) in [6, 6.07) is 18.3. The van der Waals surface area contributed by atoms with Crippen LogP contribution in [0.15, 0.2) is 77.9 Å². The first-order valence-electron chi connectivity index (χ1n) is 8.78. The summed E-state index contributed by atoms with van der Waals surface area (Å²) in [7, 11) is 0. The van der Waals surface area contributed by atoms with E-state index in [1.165, 1.54) is 24.4 Å². The van der Waals surface area contributed by atoms with Gasteiger partial charge >= 0.3 is 5.97 Å². The van der Waals surface area contributed by atoms with E-state index in [0.717, 1.165) is 6.07 Å². The molecule has 152 valence electrons. The Morgan fingerprint density at radius 1 is 1.00 bits per heavy atom. The van der Waals surface area contributed by atoms with Crippen LogP contribution < -0.4 is 14.9 Å². The molecule has 0 fully saturated rings. The van der Waals surface area contributed by atoms with Crippen molar-refractivity contribution in [3.63, 3.8) is 0 Å². The third kappa shape index (κ3) is 6.42. The maximum absolute atomic E-state index is 13.2. The second kappa shape index (κ2) is 10.2. The molecule has 6 nitrogen and oxygen atoms in total. The van der Waals surface area contributed by atoms with E-state index < -0.39 is 17.7 Å². The molecule has 0 heterocycles. The number of carbonyl (C=O) groups is 2. The normalized spacial score (nSPS) is 10.6. The molecule has 3 aromatic carbocycles. The van der Waals surface area contributed by atoms with Gasteiger partial charge in [-0.25, -0.2) is 14.6 Å². The van der Waals surface area contributed by atoms with Crippen LogP contribution in [0.2, 0.25) is 5.02 Å². The van der Waals surface area contributed by atoms with Crippen molar-refractivity contribution >= 4 is 29.7 Å². The maximum Gasteiger partial charge on any atom is 0.343 e. The van der Waals surface area contributed by atoms with Gasteiger partial charge in [-0.05, 0) is 60.2 Å². The minimum absolute atomic E-state index is 0.0991. The second-order valence-corrected chi connectivity index (χ2v) is 6.44. The molecule has 0 saturated heterocycles. The molecule has 1 N–H and O–H groups in total. The van der Waals surface area contributed by atoms with E-state index in [1.54, 1.807) is 48.5 Å². The molecule has 3 aromatic rings. The van der Waals surface area contributed by atoms with Crippen molar-refractivity contribution in [2.75, 3.05) is 6.61 Å². The number of hydrazone groups is 1. The van der Waals surface area contributed by atoms with E-state index in [4.69, 9.17) is 21.1 Å². The van der Waals surface area contributed by atoms with Gasteiger partial charge in [-0.1, -0.05) is 29.8 Å². The standard InChI is InChI=1S/C22H16ClFN2O4/c23-17-7-9-19(10-8-17)29-14-21(27)26-25-13-15-3-1-6-20(11-15)30-22(28)16-4-2-5-18(24)12-16/h1-13H,14H2,(H,26,27)/b25-13-. The van der Waals surface area contributed by atoms with Crippen molar-refractivity contribution in [1.29, 1.82) is 0 Å². The molecular formula is C22H16ClFN2O4. The zero-order chi connectivity index (χ0) is 21.3. The number of benzene rings is 3. The van der Waals surface area contributed by atoms with Crippen LogP contribution in [0.5, 0.6) is 11.5 Å². The van der Waals surface area contributed by atoms with E-state index in [0.29, 0.717) is 16.3 Å². The molecular weight excluding hydrogens is 411 g/mol. The quantitative estimate of drug-likeness (QED) is 0.265. The van der Waals surface area contributed by atoms with E-state index >= 15 is 0 Å². The van der Waals surface area contributed by atoms with Gasteiger partial charge in [-0.2, -0.15) is 5.10 Å². The zero-order valence-corrected chi connectivity index (χ0v) is 16.3. The van der Waals surface area contributed by atoms with Gasteiger partial charge in [-0.15, -0.1) is 0 Å². The predicted octanol–water partition coefficient (Wildman–Crippen LogP) is 4.23. The first-order valence-corrected chi connectivity index (χ1v) is 9.15. The van der Waals surface area contributed by atoms with E-state index in [2.05, 4.69) is 10.5 Å². The fourth-order valence-corrected chi connectivity index (χ4v) is 2.46. The number of nitrogens with one attached hydrogen (secondary N) is 1. The summed E-state index contributed by atoms with van der Waals surface area (Å²) in [4.78, 5) is 23.9. The Morgan fingerprint density at radius 3 is 2.53 bits per heavy atom. The second-order valence-electron chi connectivity index (χ2n) is 6.01. The number of hydrogen-bond donors (Lipinski definition) is 1. The summed E-state index contributed by atoms with van der Waals surface area (Å²) in [6.45, 7) is -0.218. The van der Waals surface area contributed by atoms with Gasteiger partial charge in [0.15, 0.2) is 6.61 Å². The highest BCUT2D eigenvalue weighted by Gasteiger charge is 2.09. The predicted molar refractivity (Wildman–Crippen MR) is 110 cm³/mol. The largest absolute Gasteiger partial charge is 0.484 e. The van der Waals surface area contributed by atoms with Gasteiger partial charge in [-0.3, -0.25) is 4.79 Å². The van der Waals surface area contributed by atoms with Crippen molar-refractivity contribution in [3.05, 3.63) is 94.8 Å². The Balaban J connectivity index is 1.51. The van der Waals surface area contributed by atoms with Crippen LogP contribution in [0, 0.1) is 5.82 Å². The molecule has 1 amide bonds. The average Bonchev–Trinajstić information content (AvgIpc) is 2.73. The fourth-order valence-electron chi connectivity index (χ4n) is 2.33. The lowest BCUT2D eigenvalue weighted by Gasteiger charge is -2.06. The number of carbonyl (C=O) groups excluding carboxylic acids is 2. The smallest absolute Gasteiger partial charge is 0.343 e. The summed E-state index contributed by atoms with van der Waals surface area (Å²) < 4.78 is 23.8. The van der Waals surface area contributed by atoms with Gasteiger partial charge in [0, 0.05) is 5.02 Å². The summed E-state index contributed by atoms with van der Waals surface area (Å²) >= 11 is 5.78. The van der Waals surface area contributed by atoms with Crippen molar-refractivity contribution in [1.82, 2.24) is 5.43 Å². The third-order valence-electron chi connectivity index (χ3n) is 3.72. The Hall–Kier alpha value is -3.71. The molecule has 0 aliphatic carbocycles. The number of hydrogen-bond acceptors (Lipinski definition) is 5. The van der Waals surface area contributed by atoms with Crippen LogP contribution in [0.1, 0.15) is 15.9 Å². The molecule has 0 aromatic heterocycles. The van der Waals surface area contributed by atoms with Gasteiger partial charge in [0.05, 0.1) is 11.8 Å². The molecule has 0 radical (unpaired) electrons. The Morgan fingerprint density at radius 2 is 1.77 bits per heavy atom. The van der Waals surface area contributed by atoms with Crippen LogP contribution in [0.25, 0.3) is 0 Å². The molecule has 0 atom stereocenters. The number of rotatable bonds is 7. The third-order valence-corrected chi connectivity index (χ3v) is 3.97. The summed E-state index contributed by atoms with van der Waals surface area (Å²) in [5.74, 6) is -0.899. The van der Waals surface area contributed by atoms with Crippen LogP contribution in [-0.4, -0.2) is 24.7 Å². The SMILES string of the molecule is O=C(COc1ccc(Cl)cc1)N/N=C\c1cccc(OC(=O)c2cccc(F)c2)c1. The highest BCUT2D eigenvalue weighted by Crippen LogP contribution is 2.16. The number of amides is 1. The van der Waals surface area contributed by atoms with Gasteiger partial charge in [0.2, 0.25) is 0 Å².